The number of carbonyl (C=O) groups is 2. The van der Waals surface area contributed by atoms with Crippen LogP contribution in [0.5, 0.6) is 0 Å². The highest BCUT2D eigenvalue weighted by Gasteiger charge is 2.30. The number of thiophene rings is 1. The largest absolute Gasteiger partial charge is 0.297 e. The van der Waals surface area contributed by atoms with Crippen molar-refractivity contribution in [2.75, 3.05) is 11.4 Å². The van der Waals surface area contributed by atoms with Gasteiger partial charge in [-0.05, 0) is 11.4 Å². The van der Waals surface area contributed by atoms with Crippen LogP contribution in [0.1, 0.15) is 6.42 Å². The predicted molar refractivity (Wildman–Crippen MR) is 67.4 cm³/mol. The third-order valence-electron chi connectivity index (χ3n) is 2.48. The van der Waals surface area contributed by atoms with Gasteiger partial charge in [-0.1, -0.05) is 6.07 Å². The second-order valence-electron chi connectivity index (χ2n) is 3.69. The van der Waals surface area contributed by atoms with Gasteiger partial charge in [-0.3, -0.25) is 14.5 Å². The summed E-state index contributed by atoms with van der Waals surface area (Å²) < 4.78 is 0. The van der Waals surface area contributed by atoms with Gasteiger partial charge in [0.05, 0.1) is 23.5 Å². The maximum absolute atomic E-state index is 11.6. The normalized spacial score (nSPS) is 15.9. The van der Waals surface area contributed by atoms with Crippen LogP contribution in [-0.2, 0) is 9.59 Å². The van der Waals surface area contributed by atoms with Gasteiger partial charge in [0.15, 0.2) is 10.9 Å². The maximum atomic E-state index is 11.6. The summed E-state index contributed by atoms with van der Waals surface area (Å²) >= 11 is 3.01. The molecule has 17 heavy (non-hydrogen) atoms. The van der Waals surface area contributed by atoms with E-state index in [-0.39, 0.29) is 24.7 Å². The number of aromatic nitrogens is 1. The Morgan fingerprint density at radius 3 is 2.82 bits per heavy atom. The lowest BCUT2D eigenvalue weighted by Crippen LogP contribution is -2.24. The van der Waals surface area contributed by atoms with Gasteiger partial charge in [-0.25, -0.2) is 4.98 Å². The van der Waals surface area contributed by atoms with E-state index in [0.29, 0.717) is 5.13 Å². The first-order valence-corrected chi connectivity index (χ1v) is 6.81. The van der Waals surface area contributed by atoms with Crippen LogP contribution in [0.15, 0.2) is 22.9 Å². The number of thiazole rings is 1. The maximum Gasteiger partial charge on any atom is 0.236 e. The van der Waals surface area contributed by atoms with Crippen LogP contribution in [0.25, 0.3) is 10.6 Å². The number of carbonyl (C=O) groups excluding carboxylic acids is 2. The van der Waals surface area contributed by atoms with E-state index in [4.69, 9.17) is 0 Å². The average Bonchev–Trinajstić information content (AvgIpc) is 2.97. The fraction of sp³-hybridized carbons (Fsp3) is 0.182. The van der Waals surface area contributed by atoms with Crippen LogP contribution in [0.4, 0.5) is 5.13 Å². The molecular weight excluding hydrogens is 256 g/mol. The summed E-state index contributed by atoms with van der Waals surface area (Å²) in [6.07, 6.45) is 0.00785. The van der Waals surface area contributed by atoms with Gasteiger partial charge in [0.1, 0.15) is 0 Å². The molecule has 0 aliphatic carbocycles. The van der Waals surface area contributed by atoms with E-state index in [9.17, 15) is 9.59 Å². The fourth-order valence-corrected chi connectivity index (χ4v) is 3.29. The smallest absolute Gasteiger partial charge is 0.236 e. The number of Topliss-reactive ketones (excluding diaryl/α,β-unsaturated/α-hetero) is 1. The summed E-state index contributed by atoms with van der Waals surface area (Å²) in [4.78, 5) is 29.7. The molecule has 2 aromatic heterocycles. The molecule has 2 aromatic rings. The van der Waals surface area contributed by atoms with Crippen molar-refractivity contribution in [3.8, 4) is 10.6 Å². The number of rotatable bonds is 2. The van der Waals surface area contributed by atoms with E-state index in [1.807, 2.05) is 22.9 Å². The van der Waals surface area contributed by atoms with Crippen molar-refractivity contribution in [2.24, 2.45) is 0 Å². The van der Waals surface area contributed by atoms with Crippen molar-refractivity contribution in [1.29, 1.82) is 0 Å². The molecule has 0 N–H and O–H groups in total. The number of hydrogen-bond donors (Lipinski definition) is 0. The van der Waals surface area contributed by atoms with E-state index in [0.717, 1.165) is 10.6 Å². The molecule has 0 spiro atoms. The van der Waals surface area contributed by atoms with Gasteiger partial charge < -0.3 is 0 Å². The molecule has 0 radical (unpaired) electrons. The third kappa shape index (κ3) is 1.89. The highest BCUT2D eigenvalue weighted by atomic mass is 32.1. The summed E-state index contributed by atoms with van der Waals surface area (Å²) in [6, 6.07) is 3.95. The molecule has 1 aliphatic rings. The Bertz CT molecular complexity index is 574. The SMILES string of the molecule is O=C1CC(=O)N(c2nc(-c3cccs3)cs2)C1. The lowest BCUT2D eigenvalue weighted by molar-refractivity contribution is -0.121. The zero-order valence-electron chi connectivity index (χ0n) is 8.75. The third-order valence-corrected chi connectivity index (χ3v) is 4.24. The van der Waals surface area contributed by atoms with Gasteiger partial charge in [0.2, 0.25) is 5.91 Å². The Kier molecular flexibility index (Phi) is 2.53. The van der Waals surface area contributed by atoms with Gasteiger partial charge in [0, 0.05) is 5.38 Å². The lowest BCUT2D eigenvalue weighted by Gasteiger charge is -2.08. The average molecular weight is 264 g/mol. The van der Waals surface area contributed by atoms with E-state index in [1.165, 1.54) is 16.2 Å². The van der Waals surface area contributed by atoms with Crippen LogP contribution >= 0.6 is 22.7 Å². The summed E-state index contributed by atoms with van der Waals surface area (Å²) in [5.41, 5.74) is 0.868. The number of nitrogens with zero attached hydrogens (tertiary/aromatic N) is 2. The predicted octanol–water partition coefficient (Wildman–Crippen LogP) is 2.18. The van der Waals surface area contributed by atoms with E-state index in [2.05, 4.69) is 4.98 Å². The van der Waals surface area contributed by atoms with Gasteiger partial charge in [-0.2, -0.15) is 0 Å². The molecule has 0 bridgehead atoms. The van der Waals surface area contributed by atoms with Crippen molar-refractivity contribution in [3.05, 3.63) is 22.9 Å². The molecule has 3 heterocycles. The van der Waals surface area contributed by atoms with E-state index in [1.54, 1.807) is 11.3 Å². The van der Waals surface area contributed by atoms with Gasteiger partial charge >= 0.3 is 0 Å². The minimum atomic E-state index is -0.151. The van der Waals surface area contributed by atoms with E-state index >= 15 is 0 Å². The number of ketones is 1. The molecule has 1 aliphatic heterocycles. The molecule has 0 saturated carbocycles. The molecule has 1 fully saturated rings. The van der Waals surface area contributed by atoms with Crippen LogP contribution in [0, 0.1) is 0 Å². The number of hydrogen-bond acceptors (Lipinski definition) is 5. The summed E-state index contributed by atoms with van der Waals surface area (Å²) in [5.74, 6) is -0.190. The Morgan fingerprint density at radius 1 is 1.29 bits per heavy atom. The minimum absolute atomic E-state index is 0.00785. The van der Waals surface area contributed by atoms with Crippen LogP contribution < -0.4 is 4.90 Å². The summed E-state index contributed by atoms with van der Waals surface area (Å²) in [7, 11) is 0. The van der Waals surface area contributed by atoms with Crippen molar-refractivity contribution in [2.45, 2.75) is 6.42 Å². The summed E-state index contributed by atoms with van der Waals surface area (Å²) in [6.45, 7) is 0.163. The molecule has 1 amide bonds. The molecule has 1 saturated heterocycles. The lowest BCUT2D eigenvalue weighted by atomic mass is 10.3. The van der Waals surface area contributed by atoms with Crippen LogP contribution in [-0.4, -0.2) is 23.2 Å². The van der Waals surface area contributed by atoms with Gasteiger partial charge in [0.25, 0.3) is 0 Å². The second kappa shape index (κ2) is 4.05. The highest BCUT2D eigenvalue weighted by molar-refractivity contribution is 7.16. The first-order chi connectivity index (χ1) is 8.24. The highest BCUT2D eigenvalue weighted by Crippen LogP contribution is 2.31. The molecule has 6 heteroatoms. The van der Waals surface area contributed by atoms with E-state index < -0.39 is 0 Å². The standard InChI is InChI=1S/C11H8N2O2S2/c14-7-4-10(15)13(5-7)11-12-8(6-17-11)9-2-1-3-16-9/h1-3,6H,4-5H2. The number of anilines is 1. The number of amides is 1. The molecule has 0 unspecified atom stereocenters. The Balaban J connectivity index is 1.91. The fourth-order valence-electron chi connectivity index (χ4n) is 1.68. The Hall–Kier alpha value is -1.53. The molecule has 0 aromatic carbocycles. The molecule has 3 rings (SSSR count). The summed E-state index contributed by atoms with van der Waals surface area (Å²) in [5, 5.41) is 4.51. The van der Waals surface area contributed by atoms with Crippen molar-refractivity contribution in [1.82, 2.24) is 4.98 Å². The van der Waals surface area contributed by atoms with Crippen LogP contribution in [0.3, 0.4) is 0 Å². The zero-order chi connectivity index (χ0) is 11.8. The monoisotopic (exact) mass is 264 g/mol. The first-order valence-electron chi connectivity index (χ1n) is 5.05. The Labute approximate surface area is 106 Å². The van der Waals surface area contributed by atoms with Crippen molar-refractivity contribution < 1.29 is 9.59 Å². The van der Waals surface area contributed by atoms with Crippen LogP contribution in [0.2, 0.25) is 0 Å². The second-order valence-corrected chi connectivity index (χ2v) is 5.47. The molecular formula is C11H8N2O2S2. The van der Waals surface area contributed by atoms with Crippen molar-refractivity contribution >= 4 is 39.5 Å². The molecule has 4 nitrogen and oxygen atoms in total. The quantitative estimate of drug-likeness (QED) is 0.781. The van der Waals surface area contributed by atoms with Gasteiger partial charge in [-0.15, -0.1) is 22.7 Å². The molecule has 0 atom stereocenters. The zero-order valence-corrected chi connectivity index (χ0v) is 10.4. The minimum Gasteiger partial charge on any atom is -0.297 e. The molecule has 86 valence electrons. The topological polar surface area (TPSA) is 50.3 Å². The first kappa shape index (κ1) is 10.6. The van der Waals surface area contributed by atoms with Crippen molar-refractivity contribution in [3.63, 3.8) is 0 Å². The Morgan fingerprint density at radius 2 is 2.18 bits per heavy atom.